The van der Waals surface area contributed by atoms with Crippen molar-refractivity contribution < 1.29 is 23.8 Å². The summed E-state index contributed by atoms with van der Waals surface area (Å²) in [6.45, 7) is 2.69. The minimum Gasteiger partial charge on any atom is -0.538 e. The van der Waals surface area contributed by atoms with Gasteiger partial charge in [-0.25, -0.2) is 0 Å². The second kappa shape index (κ2) is 6.25. The number of nitrogens with zero attached hydrogens (tertiary/aromatic N) is 4. The van der Waals surface area contributed by atoms with Gasteiger partial charge in [0.15, 0.2) is 5.95 Å². The zero-order valence-corrected chi connectivity index (χ0v) is 13.1. The topological polar surface area (TPSA) is 85.8 Å². The van der Waals surface area contributed by atoms with E-state index in [4.69, 9.17) is 9.26 Å². The van der Waals surface area contributed by atoms with E-state index in [9.17, 15) is 9.90 Å². The van der Waals surface area contributed by atoms with E-state index in [1.54, 1.807) is 36.3 Å². The van der Waals surface area contributed by atoms with E-state index in [0.717, 1.165) is 13.1 Å². The second-order valence-electron chi connectivity index (χ2n) is 5.41. The van der Waals surface area contributed by atoms with E-state index in [0.29, 0.717) is 24.5 Å². The molecule has 3 rings (SSSR count). The molecule has 0 radical (unpaired) electrons. The number of piperazine rings is 1. The first-order chi connectivity index (χ1) is 11.1. The molecule has 23 heavy (non-hydrogen) atoms. The molecule has 0 N–H and O–H groups in total. The molecule has 2 aromatic rings. The van der Waals surface area contributed by atoms with Crippen molar-refractivity contribution in [1.29, 1.82) is 0 Å². The number of likely N-dealkylation sites (N-methyl/N-ethyl adjacent to an activating group) is 1. The number of rotatable bonds is 3. The molecule has 8 nitrogen and oxygen atoms in total. The molecule has 1 aromatic heterocycles. The van der Waals surface area contributed by atoms with Crippen LogP contribution in [0, 0.1) is 0 Å². The van der Waals surface area contributed by atoms with Crippen molar-refractivity contribution in [2.75, 3.05) is 40.3 Å². The zero-order valence-electron chi connectivity index (χ0n) is 13.1. The van der Waals surface area contributed by atoms with Gasteiger partial charge in [-0.15, -0.1) is 0 Å². The van der Waals surface area contributed by atoms with Crippen LogP contribution in [0.4, 0.5) is 0 Å². The van der Waals surface area contributed by atoms with Gasteiger partial charge >= 0.3 is 11.6 Å². The fraction of sp³-hybridized carbons (Fsp3) is 0.400. The van der Waals surface area contributed by atoms with Crippen molar-refractivity contribution in [3.05, 3.63) is 30.0 Å². The summed E-state index contributed by atoms with van der Waals surface area (Å²) in [5.41, 5.74) is 0.480. The second-order valence-corrected chi connectivity index (χ2v) is 5.41. The van der Waals surface area contributed by atoms with E-state index in [2.05, 4.69) is 10.2 Å². The van der Waals surface area contributed by atoms with Gasteiger partial charge in [0, 0.05) is 38.3 Å². The van der Waals surface area contributed by atoms with Crippen molar-refractivity contribution >= 4 is 5.91 Å². The number of hydrogen-bond acceptors (Lipinski definition) is 6. The van der Waals surface area contributed by atoms with Crippen LogP contribution >= 0.6 is 0 Å². The quantitative estimate of drug-likeness (QED) is 0.704. The highest BCUT2D eigenvalue weighted by Crippen LogP contribution is 2.16. The summed E-state index contributed by atoms with van der Waals surface area (Å²) >= 11 is 0. The Bertz CT molecular complexity index is 690. The number of amides is 1. The number of methoxy groups -OCH3 is 1. The maximum Gasteiger partial charge on any atom is 0.327 e. The van der Waals surface area contributed by atoms with Crippen molar-refractivity contribution in [2.45, 2.75) is 0 Å². The molecular formula is C15H18N4O4. The van der Waals surface area contributed by atoms with Crippen molar-refractivity contribution in [3.8, 4) is 17.4 Å². The summed E-state index contributed by atoms with van der Waals surface area (Å²) in [7, 11) is 3.56. The molecule has 122 valence electrons. The van der Waals surface area contributed by atoms with Gasteiger partial charge in [0.1, 0.15) is 5.75 Å². The first kappa shape index (κ1) is 15.3. The van der Waals surface area contributed by atoms with E-state index in [-0.39, 0.29) is 11.6 Å². The van der Waals surface area contributed by atoms with Crippen LogP contribution in [0.15, 0.2) is 28.8 Å². The average Bonchev–Trinajstić information content (AvgIpc) is 2.96. The van der Waals surface area contributed by atoms with Gasteiger partial charge in [0.2, 0.25) is 5.69 Å². The molecule has 0 aliphatic carbocycles. The number of benzene rings is 1. The van der Waals surface area contributed by atoms with Crippen LogP contribution in [0.1, 0.15) is 10.5 Å². The minimum absolute atomic E-state index is 0.0836. The van der Waals surface area contributed by atoms with Crippen molar-refractivity contribution in [1.82, 2.24) is 15.1 Å². The van der Waals surface area contributed by atoms with Gasteiger partial charge in [-0.1, -0.05) is 0 Å². The summed E-state index contributed by atoms with van der Waals surface area (Å²) in [6, 6.07) is 6.88. The molecule has 1 amide bonds. The van der Waals surface area contributed by atoms with Crippen LogP contribution in [0.2, 0.25) is 0 Å². The molecule has 1 saturated heterocycles. The highest BCUT2D eigenvalue weighted by Gasteiger charge is 2.32. The lowest BCUT2D eigenvalue weighted by atomic mass is 10.2. The van der Waals surface area contributed by atoms with Gasteiger partial charge < -0.3 is 24.2 Å². The summed E-state index contributed by atoms with van der Waals surface area (Å²) in [6.07, 6.45) is 0. The Morgan fingerprint density at radius 2 is 1.91 bits per heavy atom. The lowest BCUT2D eigenvalue weighted by Crippen LogP contribution is -2.50. The third-order valence-electron chi connectivity index (χ3n) is 3.92. The van der Waals surface area contributed by atoms with Gasteiger partial charge in [-0.3, -0.25) is 4.79 Å². The Kier molecular flexibility index (Phi) is 4.16. The van der Waals surface area contributed by atoms with Gasteiger partial charge in [0.25, 0.3) is 0 Å². The maximum absolute atomic E-state index is 12.7. The predicted octanol–water partition coefficient (Wildman–Crippen LogP) is -0.579. The first-order valence-electron chi connectivity index (χ1n) is 7.31. The van der Waals surface area contributed by atoms with E-state index in [1.165, 1.54) is 4.68 Å². The average molecular weight is 318 g/mol. The van der Waals surface area contributed by atoms with E-state index in [1.807, 2.05) is 7.05 Å². The summed E-state index contributed by atoms with van der Waals surface area (Å²) < 4.78 is 11.0. The number of carbonyl (C=O) groups excluding carboxylic acids is 1. The molecular weight excluding hydrogens is 300 g/mol. The van der Waals surface area contributed by atoms with Crippen molar-refractivity contribution in [3.63, 3.8) is 0 Å². The maximum atomic E-state index is 12.7. The Morgan fingerprint density at radius 3 is 2.52 bits per heavy atom. The summed E-state index contributed by atoms with van der Waals surface area (Å²) in [5.74, 6) is -0.419. The van der Waals surface area contributed by atoms with E-state index < -0.39 is 5.95 Å². The Labute approximate surface area is 133 Å². The SMILES string of the molecule is COc1ccc(-[n+]2noc([O-])c2C(=O)N2CCN(C)CC2)cc1. The number of hydrogen-bond donors (Lipinski definition) is 0. The van der Waals surface area contributed by atoms with Crippen LogP contribution in [-0.2, 0) is 0 Å². The summed E-state index contributed by atoms with van der Waals surface area (Å²) in [4.78, 5) is 16.4. The fourth-order valence-corrected chi connectivity index (χ4v) is 2.49. The number of ether oxygens (including phenoxy) is 1. The first-order valence-corrected chi connectivity index (χ1v) is 7.31. The minimum atomic E-state index is -0.732. The number of carbonyl (C=O) groups is 1. The largest absolute Gasteiger partial charge is 0.538 e. The zero-order chi connectivity index (χ0) is 16.4. The molecule has 1 aliphatic rings. The molecule has 1 aliphatic heterocycles. The van der Waals surface area contributed by atoms with Crippen LogP contribution in [-0.4, -0.2) is 61.3 Å². The molecule has 2 heterocycles. The standard InChI is InChI=1S/C15H18N4O4/c1-17-7-9-18(10-8-17)14(20)13-15(21)23-16-19(13)11-3-5-12(22-2)6-4-11/h3-6H,7-10H2,1-2H3. The van der Waals surface area contributed by atoms with Crippen LogP contribution in [0.5, 0.6) is 11.7 Å². The molecule has 1 fully saturated rings. The Hall–Kier alpha value is -2.61. The third kappa shape index (κ3) is 2.98. The highest BCUT2D eigenvalue weighted by atomic mass is 16.6. The molecule has 1 aromatic carbocycles. The van der Waals surface area contributed by atoms with E-state index >= 15 is 0 Å². The van der Waals surface area contributed by atoms with Gasteiger partial charge in [0.05, 0.1) is 12.4 Å². The molecule has 0 bridgehead atoms. The number of aromatic nitrogens is 2. The van der Waals surface area contributed by atoms with Crippen LogP contribution in [0.25, 0.3) is 5.69 Å². The normalized spacial score (nSPS) is 15.7. The third-order valence-corrected chi connectivity index (χ3v) is 3.92. The molecule has 8 heteroatoms. The Balaban J connectivity index is 1.90. The smallest absolute Gasteiger partial charge is 0.327 e. The highest BCUT2D eigenvalue weighted by molar-refractivity contribution is 5.92. The predicted molar refractivity (Wildman–Crippen MR) is 77.4 cm³/mol. The van der Waals surface area contributed by atoms with Crippen molar-refractivity contribution in [2.24, 2.45) is 0 Å². The molecule has 0 saturated carbocycles. The molecule has 0 spiro atoms. The lowest BCUT2D eigenvalue weighted by Gasteiger charge is -2.31. The van der Waals surface area contributed by atoms with Crippen LogP contribution < -0.4 is 14.5 Å². The van der Waals surface area contributed by atoms with Gasteiger partial charge in [-0.05, 0) is 23.9 Å². The fourth-order valence-electron chi connectivity index (χ4n) is 2.49. The van der Waals surface area contributed by atoms with Crippen LogP contribution in [0.3, 0.4) is 0 Å². The van der Waals surface area contributed by atoms with Gasteiger partial charge in [-0.2, -0.15) is 0 Å². The lowest BCUT2D eigenvalue weighted by molar-refractivity contribution is -0.672. The summed E-state index contributed by atoms with van der Waals surface area (Å²) in [5, 5.41) is 15.7. The monoisotopic (exact) mass is 318 g/mol. The molecule has 0 unspecified atom stereocenters. The Morgan fingerprint density at radius 1 is 1.26 bits per heavy atom. The molecule has 0 atom stereocenters.